The lowest BCUT2D eigenvalue weighted by Gasteiger charge is -2.02. The SMILES string of the molecule is Cn1ccnc1SCc1ccc(C#CCN)cc1. The Morgan fingerprint density at radius 2 is 2.11 bits per heavy atom. The van der Waals surface area contributed by atoms with Crippen molar-refractivity contribution >= 4 is 11.8 Å². The van der Waals surface area contributed by atoms with Crippen LogP contribution in [0.1, 0.15) is 11.1 Å². The molecule has 0 aliphatic heterocycles. The molecule has 3 nitrogen and oxygen atoms in total. The van der Waals surface area contributed by atoms with Crippen LogP contribution >= 0.6 is 11.8 Å². The average Bonchev–Trinajstić information content (AvgIpc) is 2.81. The Labute approximate surface area is 111 Å². The second-order valence-electron chi connectivity index (χ2n) is 3.81. The van der Waals surface area contributed by atoms with Gasteiger partial charge in [-0.3, -0.25) is 0 Å². The van der Waals surface area contributed by atoms with Crippen molar-refractivity contribution in [1.29, 1.82) is 0 Å². The lowest BCUT2D eigenvalue weighted by Crippen LogP contribution is -1.93. The van der Waals surface area contributed by atoms with Crippen LogP contribution in [0.2, 0.25) is 0 Å². The van der Waals surface area contributed by atoms with Crippen LogP contribution in [-0.2, 0) is 12.8 Å². The van der Waals surface area contributed by atoms with Crippen molar-refractivity contribution in [1.82, 2.24) is 9.55 Å². The lowest BCUT2D eigenvalue weighted by atomic mass is 10.1. The van der Waals surface area contributed by atoms with E-state index in [1.54, 1.807) is 11.8 Å². The van der Waals surface area contributed by atoms with Gasteiger partial charge in [-0.1, -0.05) is 35.7 Å². The highest BCUT2D eigenvalue weighted by atomic mass is 32.2. The zero-order valence-corrected chi connectivity index (χ0v) is 11.1. The molecule has 0 spiro atoms. The van der Waals surface area contributed by atoms with Crippen LogP contribution in [-0.4, -0.2) is 16.1 Å². The normalized spacial score (nSPS) is 9.89. The van der Waals surface area contributed by atoms with Gasteiger partial charge in [-0.15, -0.1) is 0 Å². The molecule has 0 atom stereocenters. The summed E-state index contributed by atoms with van der Waals surface area (Å²) in [7, 11) is 2.00. The predicted octanol–water partition coefficient (Wildman–Crippen LogP) is 2.02. The number of rotatable bonds is 3. The minimum atomic E-state index is 0.400. The van der Waals surface area contributed by atoms with Gasteiger partial charge < -0.3 is 10.3 Å². The van der Waals surface area contributed by atoms with Crippen molar-refractivity contribution in [2.24, 2.45) is 12.8 Å². The molecule has 0 saturated carbocycles. The largest absolute Gasteiger partial charge is 0.329 e. The first-order valence-corrected chi connectivity index (χ1v) is 6.66. The van der Waals surface area contributed by atoms with E-state index in [1.165, 1.54) is 5.56 Å². The van der Waals surface area contributed by atoms with E-state index in [2.05, 4.69) is 29.0 Å². The van der Waals surface area contributed by atoms with Crippen LogP contribution in [0.15, 0.2) is 41.8 Å². The average molecular weight is 257 g/mol. The Balaban J connectivity index is 1.96. The third kappa shape index (κ3) is 3.39. The van der Waals surface area contributed by atoms with Crippen molar-refractivity contribution in [3.63, 3.8) is 0 Å². The van der Waals surface area contributed by atoms with Crippen LogP contribution in [0.5, 0.6) is 0 Å². The van der Waals surface area contributed by atoms with Crippen LogP contribution in [0.3, 0.4) is 0 Å². The Morgan fingerprint density at radius 1 is 1.33 bits per heavy atom. The fourth-order valence-electron chi connectivity index (χ4n) is 1.48. The Morgan fingerprint density at radius 3 is 2.72 bits per heavy atom. The molecule has 2 N–H and O–H groups in total. The van der Waals surface area contributed by atoms with Gasteiger partial charge in [0.25, 0.3) is 0 Å². The second-order valence-corrected chi connectivity index (χ2v) is 4.75. The molecule has 0 aliphatic rings. The predicted molar refractivity (Wildman–Crippen MR) is 75.1 cm³/mol. The maximum Gasteiger partial charge on any atom is 0.167 e. The molecule has 0 bridgehead atoms. The fourth-order valence-corrected chi connectivity index (χ4v) is 2.36. The Bertz CT molecular complexity index is 561. The molecule has 0 saturated heterocycles. The van der Waals surface area contributed by atoms with Crippen molar-refractivity contribution < 1.29 is 0 Å². The number of thioether (sulfide) groups is 1. The number of aryl methyl sites for hydroxylation is 1. The molecule has 4 heteroatoms. The molecule has 0 unspecified atom stereocenters. The van der Waals surface area contributed by atoms with E-state index < -0.39 is 0 Å². The van der Waals surface area contributed by atoms with E-state index in [0.29, 0.717) is 6.54 Å². The molecule has 1 aromatic heterocycles. The summed E-state index contributed by atoms with van der Waals surface area (Å²) in [6, 6.07) is 8.24. The van der Waals surface area contributed by atoms with Gasteiger partial charge in [-0.25, -0.2) is 4.98 Å². The molecule has 2 aromatic rings. The second kappa shape index (κ2) is 6.29. The number of hydrogen-bond donors (Lipinski definition) is 1. The highest BCUT2D eigenvalue weighted by Gasteiger charge is 2.00. The van der Waals surface area contributed by atoms with E-state index in [4.69, 9.17) is 5.73 Å². The van der Waals surface area contributed by atoms with Crippen LogP contribution < -0.4 is 5.73 Å². The number of imidazole rings is 1. The number of aromatic nitrogens is 2. The lowest BCUT2D eigenvalue weighted by molar-refractivity contribution is 0.790. The van der Waals surface area contributed by atoms with Gasteiger partial charge in [0.1, 0.15) is 0 Å². The zero-order chi connectivity index (χ0) is 12.8. The van der Waals surface area contributed by atoms with Crippen molar-refractivity contribution in [2.45, 2.75) is 10.9 Å². The van der Waals surface area contributed by atoms with Crippen molar-refractivity contribution in [3.8, 4) is 11.8 Å². The van der Waals surface area contributed by atoms with Crippen LogP contribution in [0, 0.1) is 11.8 Å². The van der Waals surface area contributed by atoms with Gasteiger partial charge in [0.05, 0.1) is 6.54 Å². The number of nitrogens with zero attached hydrogens (tertiary/aromatic N) is 2. The fraction of sp³-hybridized carbons (Fsp3) is 0.214. The molecular weight excluding hydrogens is 242 g/mol. The Kier molecular flexibility index (Phi) is 4.46. The molecule has 0 fully saturated rings. The monoisotopic (exact) mass is 257 g/mol. The topological polar surface area (TPSA) is 43.8 Å². The van der Waals surface area contributed by atoms with E-state index in [1.807, 2.05) is 36.1 Å². The maximum absolute atomic E-state index is 5.34. The summed E-state index contributed by atoms with van der Waals surface area (Å²) in [6.07, 6.45) is 3.77. The molecule has 92 valence electrons. The van der Waals surface area contributed by atoms with Gasteiger partial charge in [0.15, 0.2) is 5.16 Å². The van der Waals surface area contributed by atoms with Gasteiger partial charge >= 0.3 is 0 Å². The highest BCUT2D eigenvalue weighted by Crippen LogP contribution is 2.20. The molecule has 0 aliphatic carbocycles. The third-order valence-corrected chi connectivity index (χ3v) is 3.56. The maximum atomic E-state index is 5.34. The molecule has 2 rings (SSSR count). The number of hydrogen-bond acceptors (Lipinski definition) is 3. The van der Waals surface area contributed by atoms with E-state index >= 15 is 0 Å². The molecule has 1 aromatic carbocycles. The van der Waals surface area contributed by atoms with E-state index in [-0.39, 0.29) is 0 Å². The minimum absolute atomic E-state index is 0.400. The first kappa shape index (κ1) is 12.7. The summed E-state index contributed by atoms with van der Waals surface area (Å²) < 4.78 is 2.02. The van der Waals surface area contributed by atoms with Gasteiger partial charge in [0.2, 0.25) is 0 Å². The quantitative estimate of drug-likeness (QED) is 0.676. The summed E-state index contributed by atoms with van der Waals surface area (Å²) in [4.78, 5) is 4.28. The molecular formula is C14H15N3S. The first-order valence-electron chi connectivity index (χ1n) is 5.67. The Hall–Kier alpha value is -1.70. The van der Waals surface area contributed by atoms with E-state index in [0.717, 1.165) is 16.5 Å². The molecule has 18 heavy (non-hydrogen) atoms. The zero-order valence-electron chi connectivity index (χ0n) is 10.3. The highest BCUT2D eigenvalue weighted by molar-refractivity contribution is 7.98. The summed E-state index contributed by atoms with van der Waals surface area (Å²) in [5, 5.41) is 1.03. The molecule has 0 radical (unpaired) electrons. The summed E-state index contributed by atoms with van der Waals surface area (Å²) in [6.45, 7) is 0.400. The third-order valence-electron chi connectivity index (χ3n) is 2.43. The summed E-state index contributed by atoms with van der Waals surface area (Å²) in [5.41, 5.74) is 7.61. The van der Waals surface area contributed by atoms with Crippen molar-refractivity contribution in [2.75, 3.05) is 6.54 Å². The van der Waals surface area contributed by atoms with Gasteiger partial charge in [-0.2, -0.15) is 0 Å². The first-order chi connectivity index (χ1) is 8.79. The minimum Gasteiger partial charge on any atom is -0.329 e. The molecule has 0 amide bonds. The standard InChI is InChI=1S/C14H15N3S/c1-17-10-9-16-14(17)18-11-13-6-4-12(5-7-13)3-2-8-15/h4-7,9-10H,8,11,15H2,1H3. The summed E-state index contributed by atoms with van der Waals surface area (Å²) in [5.74, 6) is 6.77. The van der Waals surface area contributed by atoms with Crippen LogP contribution in [0.25, 0.3) is 0 Å². The number of benzene rings is 1. The molecule has 1 heterocycles. The summed E-state index contributed by atoms with van der Waals surface area (Å²) >= 11 is 1.73. The van der Waals surface area contributed by atoms with Crippen LogP contribution in [0.4, 0.5) is 0 Å². The smallest absolute Gasteiger partial charge is 0.167 e. The number of nitrogens with two attached hydrogens (primary N) is 1. The van der Waals surface area contributed by atoms with Gasteiger partial charge in [-0.05, 0) is 17.7 Å². The van der Waals surface area contributed by atoms with Crippen molar-refractivity contribution in [3.05, 3.63) is 47.8 Å². The van der Waals surface area contributed by atoms with Gasteiger partial charge in [0, 0.05) is 30.8 Å². The van der Waals surface area contributed by atoms with E-state index in [9.17, 15) is 0 Å².